The Bertz CT molecular complexity index is 1320. The number of amides is 1. The number of likely N-dealkylation sites (tertiary alicyclic amines) is 2. The van der Waals surface area contributed by atoms with Gasteiger partial charge >= 0.3 is 6.09 Å². The van der Waals surface area contributed by atoms with Gasteiger partial charge in [-0.3, -0.25) is 9.58 Å². The molecule has 10 nitrogen and oxygen atoms in total. The molecule has 3 aromatic heterocycles. The van der Waals surface area contributed by atoms with Crippen LogP contribution < -0.4 is 4.74 Å². The van der Waals surface area contributed by atoms with E-state index < -0.39 is 5.60 Å². The van der Waals surface area contributed by atoms with Crippen LogP contribution in [0.4, 0.5) is 4.79 Å². The van der Waals surface area contributed by atoms with Crippen molar-refractivity contribution >= 4 is 11.6 Å². The van der Waals surface area contributed by atoms with Gasteiger partial charge in [0.25, 0.3) is 0 Å². The van der Waals surface area contributed by atoms with Gasteiger partial charge in [0.15, 0.2) is 0 Å². The number of carbonyl (C=O) groups is 1. The Balaban J connectivity index is 1.23. The summed E-state index contributed by atoms with van der Waals surface area (Å²) in [5.74, 6) is 0.612. The molecule has 0 radical (unpaired) electrons. The smallest absolute Gasteiger partial charge is 0.410 e. The number of hydrogen-bond acceptors (Lipinski definition) is 7. The fraction of sp³-hybridized carbons (Fsp3) is 0.538. The highest BCUT2D eigenvalue weighted by atomic mass is 16.6. The van der Waals surface area contributed by atoms with Gasteiger partial charge in [-0.15, -0.1) is 0 Å². The first-order valence-corrected chi connectivity index (χ1v) is 12.4. The summed E-state index contributed by atoms with van der Waals surface area (Å²) in [6.07, 6.45) is 7.08. The predicted octanol–water partition coefficient (Wildman–Crippen LogP) is 3.64. The van der Waals surface area contributed by atoms with Crippen molar-refractivity contribution in [3.63, 3.8) is 0 Å². The summed E-state index contributed by atoms with van der Waals surface area (Å²) in [7, 11) is 1.60. The van der Waals surface area contributed by atoms with Crippen LogP contribution in [0.15, 0.2) is 24.7 Å². The third-order valence-electron chi connectivity index (χ3n) is 7.14. The normalized spacial score (nSPS) is 17.7. The molecule has 3 aromatic rings. The van der Waals surface area contributed by atoms with Crippen LogP contribution >= 0.6 is 0 Å². The van der Waals surface area contributed by atoms with Gasteiger partial charge in [-0.25, -0.2) is 9.31 Å². The number of pyridine rings is 1. The Morgan fingerprint density at radius 2 is 1.86 bits per heavy atom. The second-order valence-corrected chi connectivity index (χ2v) is 10.7. The van der Waals surface area contributed by atoms with E-state index in [9.17, 15) is 10.1 Å². The van der Waals surface area contributed by atoms with Crippen molar-refractivity contribution < 1.29 is 14.3 Å². The van der Waals surface area contributed by atoms with Crippen molar-refractivity contribution in [2.45, 2.75) is 58.2 Å². The minimum atomic E-state index is -0.464. The van der Waals surface area contributed by atoms with E-state index in [1.807, 2.05) is 44.1 Å². The number of methoxy groups -OCH3 is 1. The summed E-state index contributed by atoms with van der Waals surface area (Å²) < 4.78 is 14.9. The first-order chi connectivity index (χ1) is 17.2. The van der Waals surface area contributed by atoms with E-state index in [4.69, 9.17) is 14.6 Å². The molecule has 2 fully saturated rings. The lowest BCUT2D eigenvalue weighted by molar-refractivity contribution is -0.00225. The summed E-state index contributed by atoms with van der Waals surface area (Å²) in [6, 6.07) is 4.91. The van der Waals surface area contributed by atoms with Crippen molar-refractivity contribution in [3.05, 3.63) is 35.9 Å². The minimum absolute atomic E-state index is 0.212. The zero-order valence-corrected chi connectivity index (χ0v) is 21.6. The van der Waals surface area contributed by atoms with E-state index in [1.165, 1.54) is 0 Å². The van der Waals surface area contributed by atoms with Gasteiger partial charge in [0, 0.05) is 55.2 Å². The standard InChI is InChI=1S/C26H33N7O3/c1-17-22(18-10-23(35-5)24-19(11-27)12-28-32(24)14-18)13-29-33(17)21-15-31(16-21)20-6-8-30(9-7-20)25(34)36-26(2,3)4/h10,12-14,20-21H,6-9,15-16H2,1-5H3. The molecule has 0 aromatic carbocycles. The molecule has 190 valence electrons. The number of nitrogens with zero attached hydrogens (tertiary/aromatic N) is 7. The van der Waals surface area contributed by atoms with Gasteiger partial charge in [-0.05, 0) is 46.6 Å². The molecule has 2 saturated heterocycles. The molecule has 2 aliphatic heterocycles. The van der Waals surface area contributed by atoms with Crippen LogP contribution in [0.2, 0.25) is 0 Å². The number of fused-ring (bicyclic) bond motifs is 1. The Labute approximate surface area is 211 Å². The van der Waals surface area contributed by atoms with Crippen molar-refractivity contribution in [3.8, 4) is 22.9 Å². The SMILES string of the molecule is COc1cc(-c2cnn(C3CN(C4CCN(C(=O)OC(C)(C)C)CC4)C3)c2C)cn2ncc(C#N)c12. The molecule has 5 heterocycles. The van der Waals surface area contributed by atoms with Crippen LogP contribution in [-0.4, -0.2) is 80.2 Å². The van der Waals surface area contributed by atoms with Crippen LogP contribution in [0.3, 0.4) is 0 Å². The highest BCUT2D eigenvalue weighted by Gasteiger charge is 2.37. The number of aromatic nitrogens is 4. The fourth-order valence-electron chi connectivity index (χ4n) is 5.22. The number of piperidine rings is 1. The molecule has 0 aliphatic carbocycles. The number of carbonyl (C=O) groups excluding carboxylic acids is 1. The highest BCUT2D eigenvalue weighted by Crippen LogP contribution is 2.34. The van der Waals surface area contributed by atoms with Crippen LogP contribution in [0, 0.1) is 18.3 Å². The summed E-state index contributed by atoms with van der Waals surface area (Å²) in [5.41, 5.74) is 3.75. The van der Waals surface area contributed by atoms with Crippen LogP contribution in [-0.2, 0) is 4.74 Å². The van der Waals surface area contributed by atoms with Gasteiger partial charge in [0.05, 0.1) is 25.5 Å². The Morgan fingerprint density at radius 3 is 2.50 bits per heavy atom. The third-order valence-corrected chi connectivity index (χ3v) is 7.14. The summed E-state index contributed by atoms with van der Waals surface area (Å²) >= 11 is 0. The van der Waals surface area contributed by atoms with Crippen LogP contribution in [0.1, 0.15) is 50.9 Å². The van der Waals surface area contributed by atoms with Gasteiger partial charge in [0.1, 0.15) is 28.5 Å². The van der Waals surface area contributed by atoms with Gasteiger partial charge < -0.3 is 14.4 Å². The lowest BCUT2D eigenvalue weighted by Crippen LogP contribution is -2.56. The number of nitriles is 1. The summed E-state index contributed by atoms with van der Waals surface area (Å²) in [6.45, 7) is 11.2. The van der Waals surface area contributed by atoms with Crippen molar-refractivity contribution in [2.75, 3.05) is 33.3 Å². The van der Waals surface area contributed by atoms with Crippen LogP contribution in [0.25, 0.3) is 16.6 Å². The van der Waals surface area contributed by atoms with Crippen molar-refractivity contribution in [1.29, 1.82) is 5.26 Å². The molecule has 0 spiro atoms. The molecule has 5 rings (SSSR count). The zero-order valence-electron chi connectivity index (χ0n) is 21.6. The Hall–Kier alpha value is -3.58. The molecule has 1 amide bonds. The molecule has 36 heavy (non-hydrogen) atoms. The van der Waals surface area contributed by atoms with E-state index in [-0.39, 0.29) is 6.09 Å². The molecule has 0 unspecified atom stereocenters. The lowest BCUT2D eigenvalue weighted by Gasteiger charge is -2.47. The molecule has 0 N–H and O–H groups in total. The first kappa shape index (κ1) is 24.1. The molecule has 0 saturated carbocycles. The molecule has 0 atom stereocenters. The molecular formula is C26H33N7O3. The van der Waals surface area contributed by atoms with Gasteiger partial charge in [-0.1, -0.05) is 0 Å². The van der Waals surface area contributed by atoms with E-state index in [1.54, 1.807) is 17.8 Å². The van der Waals surface area contributed by atoms with Gasteiger partial charge in [-0.2, -0.15) is 15.5 Å². The topological polar surface area (TPSA) is 101 Å². The van der Waals surface area contributed by atoms with Gasteiger partial charge in [0.2, 0.25) is 0 Å². The lowest BCUT2D eigenvalue weighted by atomic mass is 9.97. The van der Waals surface area contributed by atoms with E-state index in [0.717, 1.165) is 55.8 Å². The predicted molar refractivity (Wildman–Crippen MR) is 134 cm³/mol. The average molecular weight is 492 g/mol. The maximum atomic E-state index is 12.3. The zero-order chi connectivity index (χ0) is 25.6. The van der Waals surface area contributed by atoms with E-state index in [2.05, 4.69) is 27.7 Å². The van der Waals surface area contributed by atoms with Crippen molar-refractivity contribution in [2.24, 2.45) is 0 Å². The van der Waals surface area contributed by atoms with E-state index >= 15 is 0 Å². The monoisotopic (exact) mass is 491 g/mol. The van der Waals surface area contributed by atoms with Crippen molar-refractivity contribution in [1.82, 2.24) is 29.2 Å². The number of ether oxygens (including phenoxy) is 2. The first-order valence-electron chi connectivity index (χ1n) is 12.4. The average Bonchev–Trinajstić information content (AvgIpc) is 3.40. The molecule has 2 aliphatic rings. The highest BCUT2D eigenvalue weighted by molar-refractivity contribution is 5.76. The minimum Gasteiger partial charge on any atom is -0.494 e. The maximum absolute atomic E-state index is 12.3. The van der Waals surface area contributed by atoms with Crippen LogP contribution in [0.5, 0.6) is 5.75 Å². The summed E-state index contributed by atoms with van der Waals surface area (Å²) in [4.78, 5) is 16.7. The Kier molecular flexibility index (Phi) is 6.12. The second-order valence-electron chi connectivity index (χ2n) is 10.7. The largest absolute Gasteiger partial charge is 0.494 e. The third kappa shape index (κ3) is 4.39. The number of rotatable bonds is 4. The van der Waals surface area contributed by atoms with E-state index in [0.29, 0.717) is 28.9 Å². The quantitative estimate of drug-likeness (QED) is 0.549. The fourth-order valence-corrected chi connectivity index (χ4v) is 5.22. The molecule has 0 bridgehead atoms. The number of hydrogen-bond donors (Lipinski definition) is 0. The molecular weight excluding hydrogens is 458 g/mol. The second kappa shape index (κ2) is 9.13. The molecule has 10 heteroatoms. The summed E-state index contributed by atoms with van der Waals surface area (Å²) in [5, 5.41) is 18.4. The Morgan fingerprint density at radius 1 is 1.14 bits per heavy atom. The maximum Gasteiger partial charge on any atom is 0.410 e.